The van der Waals surface area contributed by atoms with E-state index in [1.54, 1.807) is 0 Å². The Balaban J connectivity index is 2.58. The molecule has 1 saturated carbocycles. The van der Waals surface area contributed by atoms with E-state index in [9.17, 15) is 0 Å². The summed E-state index contributed by atoms with van der Waals surface area (Å²) >= 11 is 0. The maximum atomic E-state index is 3.87. The largest absolute Gasteiger partial charge is 0.311 e. The molecule has 1 nitrogen and oxygen atoms in total. The van der Waals surface area contributed by atoms with Crippen molar-refractivity contribution in [2.24, 2.45) is 29.6 Å². The fraction of sp³-hybridized carbons (Fsp3) is 1.00. The molecule has 0 aliphatic heterocycles. The van der Waals surface area contributed by atoms with E-state index >= 15 is 0 Å². The summed E-state index contributed by atoms with van der Waals surface area (Å²) in [4.78, 5) is 0. The lowest BCUT2D eigenvalue weighted by atomic mass is 9.59. The first-order valence-electron chi connectivity index (χ1n) is 8.62. The summed E-state index contributed by atoms with van der Waals surface area (Å²) in [5.41, 5.74) is 0. The van der Waals surface area contributed by atoms with Gasteiger partial charge in [-0.25, -0.2) is 0 Å². The predicted molar refractivity (Wildman–Crippen MR) is 86.3 cm³/mol. The maximum Gasteiger partial charge on any atom is 0.00723 e. The molecular formula is C18H37N. The number of hydrogen-bond donors (Lipinski definition) is 1. The van der Waals surface area contributed by atoms with Crippen LogP contribution >= 0.6 is 0 Å². The average molecular weight is 268 g/mol. The lowest BCUT2D eigenvalue weighted by Gasteiger charge is -2.48. The molecule has 6 unspecified atom stereocenters. The molecule has 0 bridgehead atoms. The Morgan fingerprint density at radius 2 is 1.74 bits per heavy atom. The van der Waals surface area contributed by atoms with Crippen molar-refractivity contribution in [1.82, 2.24) is 5.32 Å². The van der Waals surface area contributed by atoms with Gasteiger partial charge < -0.3 is 5.32 Å². The number of rotatable bonds is 8. The van der Waals surface area contributed by atoms with E-state index in [1.165, 1.54) is 25.7 Å². The van der Waals surface area contributed by atoms with Gasteiger partial charge >= 0.3 is 0 Å². The van der Waals surface area contributed by atoms with Crippen molar-refractivity contribution in [3.05, 3.63) is 0 Å². The van der Waals surface area contributed by atoms with Crippen LogP contribution in [0, 0.1) is 29.6 Å². The van der Waals surface area contributed by atoms with Gasteiger partial charge in [0.2, 0.25) is 0 Å². The molecule has 19 heavy (non-hydrogen) atoms. The Morgan fingerprint density at radius 1 is 1.11 bits per heavy atom. The van der Waals surface area contributed by atoms with Gasteiger partial charge in [0.1, 0.15) is 0 Å². The fourth-order valence-electron chi connectivity index (χ4n) is 4.03. The smallest absolute Gasteiger partial charge is 0.00723 e. The minimum absolute atomic E-state index is 0.669. The highest BCUT2D eigenvalue weighted by Crippen LogP contribution is 2.47. The molecule has 0 aromatic heterocycles. The minimum Gasteiger partial charge on any atom is -0.311 e. The summed E-state index contributed by atoms with van der Waals surface area (Å²) in [6, 6.07) is 1.34. The molecule has 1 aliphatic rings. The van der Waals surface area contributed by atoms with Gasteiger partial charge in [0.25, 0.3) is 0 Å². The van der Waals surface area contributed by atoms with Crippen molar-refractivity contribution in [1.29, 1.82) is 0 Å². The summed E-state index contributed by atoms with van der Waals surface area (Å²) in [7, 11) is 0. The quantitative estimate of drug-likeness (QED) is 0.644. The third kappa shape index (κ3) is 4.77. The van der Waals surface area contributed by atoms with Crippen LogP contribution in [-0.2, 0) is 0 Å². The van der Waals surface area contributed by atoms with Gasteiger partial charge in [0, 0.05) is 12.1 Å². The van der Waals surface area contributed by atoms with Crippen LogP contribution in [0.15, 0.2) is 0 Å². The molecule has 0 aromatic rings. The maximum absolute atomic E-state index is 3.87. The monoisotopic (exact) mass is 267 g/mol. The molecule has 0 heterocycles. The van der Waals surface area contributed by atoms with Gasteiger partial charge in [-0.2, -0.15) is 0 Å². The van der Waals surface area contributed by atoms with Gasteiger partial charge in [0.05, 0.1) is 0 Å². The summed E-state index contributed by atoms with van der Waals surface area (Å²) in [6.45, 7) is 16.7. The summed E-state index contributed by atoms with van der Waals surface area (Å²) < 4.78 is 0. The Hall–Kier alpha value is -0.0400. The lowest BCUT2D eigenvalue weighted by molar-refractivity contribution is 0.0220. The second-order valence-corrected chi connectivity index (χ2v) is 7.67. The van der Waals surface area contributed by atoms with Gasteiger partial charge in [-0.05, 0) is 62.7 Å². The normalized spacial score (nSPS) is 31.9. The van der Waals surface area contributed by atoms with Gasteiger partial charge in [-0.3, -0.25) is 0 Å². The molecule has 0 spiro atoms. The van der Waals surface area contributed by atoms with E-state index in [-0.39, 0.29) is 0 Å². The van der Waals surface area contributed by atoms with Crippen LogP contribution < -0.4 is 5.32 Å². The van der Waals surface area contributed by atoms with Crippen molar-refractivity contribution in [3.8, 4) is 0 Å². The van der Waals surface area contributed by atoms with Gasteiger partial charge in [-0.1, -0.05) is 41.0 Å². The van der Waals surface area contributed by atoms with Crippen LogP contribution in [0.25, 0.3) is 0 Å². The Labute approximate surface area is 121 Å². The summed E-state index contributed by atoms with van der Waals surface area (Å²) in [6.07, 6.45) is 5.42. The Bertz CT molecular complexity index is 248. The molecule has 0 saturated heterocycles. The van der Waals surface area contributed by atoms with E-state index in [1.807, 2.05) is 0 Å². The Morgan fingerprint density at radius 3 is 2.16 bits per heavy atom. The first-order chi connectivity index (χ1) is 8.86. The zero-order chi connectivity index (χ0) is 14.6. The standard InChI is InChI=1S/C18H37N/c1-8-9-14(5)19-16(7)18(10-12(2)3)17-11-13(4)15(17)6/h12-19H,8-11H2,1-7H3. The highest BCUT2D eigenvalue weighted by Gasteiger charge is 2.41. The molecule has 0 radical (unpaired) electrons. The van der Waals surface area contributed by atoms with E-state index < -0.39 is 0 Å². The van der Waals surface area contributed by atoms with Crippen LogP contribution in [0.1, 0.15) is 74.1 Å². The summed E-state index contributed by atoms with van der Waals surface area (Å²) in [5, 5.41) is 3.87. The van der Waals surface area contributed by atoms with Gasteiger partial charge in [-0.15, -0.1) is 0 Å². The van der Waals surface area contributed by atoms with Crippen molar-refractivity contribution in [2.75, 3.05) is 0 Å². The van der Waals surface area contributed by atoms with E-state index in [0.717, 1.165) is 29.6 Å². The summed E-state index contributed by atoms with van der Waals surface area (Å²) in [5.74, 6) is 4.51. The molecule has 6 atom stereocenters. The first kappa shape index (κ1) is 17.0. The molecule has 0 amide bonds. The zero-order valence-electron chi connectivity index (χ0n) is 14.4. The van der Waals surface area contributed by atoms with Crippen molar-refractivity contribution in [2.45, 2.75) is 86.2 Å². The third-order valence-electron chi connectivity index (χ3n) is 5.42. The predicted octanol–water partition coefficient (Wildman–Crippen LogP) is 5.11. The average Bonchev–Trinajstić information content (AvgIpc) is 2.32. The molecule has 1 aliphatic carbocycles. The topological polar surface area (TPSA) is 12.0 Å². The third-order valence-corrected chi connectivity index (χ3v) is 5.42. The van der Waals surface area contributed by atoms with Crippen molar-refractivity contribution < 1.29 is 0 Å². The zero-order valence-corrected chi connectivity index (χ0v) is 14.4. The Kier molecular flexibility index (Phi) is 6.86. The second-order valence-electron chi connectivity index (χ2n) is 7.67. The van der Waals surface area contributed by atoms with E-state index in [2.05, 4.69) is 53.8 Å². The van der Waals surface area contributed by atoms with E-state index in [0.29, 0.717) is 12.1 Å². The van der Waals surface area contributed by atoms with Gasteiger partial charge in [0.15, 0.2) is 0 Å². The molecule has 1 fully saturated rings. The van der Waals surface area contributed by atoms with Crippen LogP contribution in [0.4, 0.5) is 0 Å². The molecule has 1 N–H and O–H groups in total. The van der Waals surface area contributed by atoms with E-state index in [4.69, 9.17) is 0 Å². The number of nitrogens with one attached hydrogen (secondary N) is 1. The molecular weight excluding hydrogens is 230 g/mol. The van der Waals surface area contributed by atoms with Crippen LogP contribution in [-0.4, -0.2) is 12.1 Å². The molecule has 114 valence electrons. The van der Waals surface area contributed by atoms with Crippen LogP contribution in [0.3, 0.4) is 0 Å². The van der Waals surface area contributed by atoms with Crippen molar-refractivity contribution >= 4 is 0 Å². The highest BCUT2D eigenvalue weighted by molar-refractivity contribution is 4.92. The molecule has 0 aromatic carbocycles. The first-order valence-corrected chi connectivity index (χ1v) is 8.62. The molecule has 1 heteroatoms. The SMILES string of the molecule is CCCC(C)NC(C)C(CC(C)C)C1CC(C)C1C. The highest BCUT2D eigenvalue weighted by atomic mass is 14.9. The van der Waals surface area contributed by atoms with Crippen molar-refractivity contribution in [3.63, 3.8) is 0 Å². The van der Waals surface area contributed by atoms with Crippen LogP contribution in [0.2, 0.25) is 0 Å². The second kappa shape index (κ2) is 7.67. The fourth-order valence-corrected chi connectivity index (χ4v) is 4.03. The number of hydrogen-bond acceptors (Lipinski definition) is 1. The van der Waals surface area contributed by atoms with Crippen LogP contribution in [0.5, 0.6) is 0 Å². The molecule has 1 rings (SSSR count). The minimum atomic E-state index is 0.669. The lowest BCUT2D eigenvalue weighted by Crippen LogP contribution is -2.48.